The molecule has 0 amide bonds. The predicted octanol–water partition coefficient (Wildman–Crippen LogP) is 4.78. The van der Waals surface area contributed by atoms with Gasteiger partial charge in [-0.15, -0.1) is 0 Å². The van der Waals surface area contributed by atoms with E-state index in [0.29, 0.717) is 17.0 Å². The lowest BCUT2D eigenvalue weighted by Gasteiger charge is -2.23. The molecular weight excluding hydrogens is 374 g/mol. The van der Waals surface area contributed by atoms with Gasteiger partial charge in [-0.2, -0.15) is 0 Å². The molecule has 1 saturated heterocycles. The largest absolute Gasteiger partial charge is 0.381 e. The minimum Gasteiger partial charge on any atom is -0.381 e. The van der Waals surface area contributed by atoms with Gasteiger partial charge in [-0.1, -0.05) is 30.9 Å². The van der Waals surface area contributed by atoms with Crippen LogP contribution in [0.1, 0.15) is 44.9 Å². The van der Waals surface area contributed by atoms with Gasteiger partial charge in [0.1, 0.15) is 11.6 Å². The molecule has 2 aliphatic rings. The van der Waals surface area contributed by atoms with Crippen molar-refractivity contribution >= 4 is 23.2 Å². The fraction of sp³-hybridized carbons (Fsp3) is 0.571. The smallest absolute Gasteiger partial charge is 0.145 e. The highest BCUT2D eigenvalue weighted by Crippen LogP contribution is 2.29. The minimum absolute atomic E-state index is 0.493. The van der Waals surface area contributed by atoms with Crippen LogP contribution in [0.3, 0.4) is 0 Å². The fourth-order valence-corrected chi connectivity index (χ4v) is 4.17. The van der Waals surface area contributed by atoms with Crippen LogP contribution in [0.25, 0.3) is 11.3 Å². The Hall–Kier alpha value is -1.92. The molecule has 3 heterocycles. The van der Waals surface area contributed by atoms with E-state index in [9.17, 15) is 0 Å². The number of nitrogens with one attached hydrogen (secondary N) is 2. The van der Waals surface area contributed by atoms with Gasteiger partial charge in [-0.25, -0.2) is 9.97 Å². The molecule has 0 unspecified atom stereocenters. The molecule has 2 aromatic rings. The topological polar surface area (TPSA) is 72.0 Å². The maximum atomic E-state index is 6.43. The van der Waals surface area contributed by atoms with Crippen molar-refractivity contribution in [1.29, 1.82) is 0 Å². The molecular formula is C21H28ClN5O. The van der Waals surface area contributed by atoms with E-state index in [2.05, 4.69) is 20.6 Å². The SMILES string of the molecule is Clc1cnc(NC2CCCCC2)cc1-c1cncc(NC[C@H]2CCCOC2)n1. The Labute approximate surface area is 171 Å². The van der Waals surface area contributed by atoms with E-state index in [1.165, 1.54) is 38.5 Å². The molecule has 6 nitrogen and oxygen atoms in total. The summed E-state index contributed by atoms with van der Waals surface area (Å²) in [6.45, 7) is 2.53. The van der Waals surface area contributed by atoms with Gasteiger partial charge >= 0.3 is 0 Å². The predicted molar refractivity (Wildman–Crippen MR) is 113 cm³/mol. The summed E-state index contributed by atoms with van der Waals surface area (Å²) in [4.78, 5) is 13.5. The lowest BCUT2D eigenvalue weighted by molar-refractivity contribution is 0.0595. The van der Waals surface area contributed by atoms with Gasteiger partial charge in [0.25, 0.3) is 0 Å². The second kappa shape index (κ2) is 9.52. The number of anilines is 2. The number of halogens is 1. The van der Waals surface area contributed by atoms with Crippen molar-refractivity contribution in [2.75, 3.05) is 30.4 Å². The van der Waals surface area contributed by atoms with E-state index >= 15 is 0 Å². The Morgan fingerprint density at radius 3 is 2.75 bits per heavy atom. The first-order chi connectivity index (χ1) is 13.8. The highest BCUT2D eigenvalue weighted by molar-refractivity contribution is 6.33. The summed E-state index contributed by atoms with van der Waals surface area (Å²) in [5, 5.41) is 7.53. The summed E-state index contributed by atoms with van der Waals surface area (Å²) in [7, 11) is 0. The molecule has 2 fully saturated rings. The summed E-state index contributed by atoms with van der Waals surface area (Å²) < 4.78 is 5.55. The normalized spacial score (nSPS) is 20.7. The van der Waals surface area contributed by atoms with Gasteiger partial charge in [-0.05, 0) is 37.7 Å². The zero-order valence-electron chi connectivity index (χ0n) is 16.2. The van der Waals surface area contributed by atoms with Crippen molar-refractivity contribution in [2.45, 2.75) is 51.0 Å². The van der Waals surface area contributed by atoms with Crippen LogP contribution in [0.4, 0.5) is 11.6 Å². The van der Waals surface area contributed by atoms with Gasteiger partial charge in [0.2, 0.25) is 0 Å². The third-order valence-electron chi connectivity index (χ3n) is 5.55. The first kappa shape index (κ1) is 19.4. The van der Waals surface area contributed by atoms with Crippen molar-refractivity contribution in [3.05, 3.63) is 29.7 Å². The summed E-state index contributed by atoms with van der Waals surface area (Å²) >= 11 is 6.43. The van der Waals surface area contributed by atoms with Crippen LogP contribution in [0, 0.1) is 5.92 Å². The van der Waals surface area contributed by atoms with Crippen LogP contribution >= 0.6 is 11.6 Å². The number of rotatable bonds is 6. The molecule has 1 aliphatic heterocycles. The van der Waals surface area contributed by atoms with Gasteiger partial charge < -0.3 is 15.4 Å². The molecule has 150 valence electrons. The first-order valence-electron chi connectivity index (χ1n) is 10.3. The van der Waals surface area contributed by atoms with E-state index < -0.39 is 0 Å². The average Bonchev–Trinajstić information content (AvgIpc) is 2.75. The van der Waals surface area contributed by atoms with Gasteiger partial charge in [0.05, 0.1) is 29.7 Å². The van der Waals surface area contributed by atoms with Crippen molar-refractivity contribution in [2.24, 2.45) is 5.92 Å². The molecule has 28 heavy (non-hydrogen) atoms. The van der Waals surface area contributed by atoms with Gasteiger partial charge in [0.15, 0.2) is 0 Å². The number of hydrogen-bond acceptors (Lipinski definition) is 6. The molecule has 7 heteroatoms. The van der Waals surface area contributed by atoms with Crippen LogP contribution in [0.15, 0.2) is 24.7 Å². The first-order valence-corrected chi connectivity index (χ1v) is 10.7. The van der Waals surface area contributed by atoms with E-state index in [0.717, 1.165) is 49.1 Å². The molecule has 2 N–H and O–H groups in total. The maximum Gasteiger partial charge on any atom is 0.145 e. The van der Waals surface area contributed by atoms with E-state index in [-0.39, 0.29) is 0 Å². The highest BCUT2D eigenvalue weighted by atomic mass is 35.5. The lowest BCUT2D eigenvalue weighted by atomic mass is 9.95. The highest BCUT2D eigenvalue weighted by Gasteiger charge is 2.16. The minimum atomic E-state index is 0.493. The molecule has 0 spiro atoms. The Balaban J connectivity index is 1.45. The van der Waals surface area contributed by atoms with Crippen molar-refractivity contribution in [3.63, 3.8) is 0 Å². The standard InChI is InChI=1S/C21H28ClN5O/c22-18-11-25-20(26-16-6-2-1-3-7-16)9-17(18)19-12-23-13-21(27-19)24-10-15-5-4-8-28-14-15/h9,11-13,15-16H,1-8,10,14H2,(H,24,27)(H,25,26)/t15-/m1/s1. The molecule has 1 atom stereocenters. The van der Waals surface area contributed by atoms with Crippen LogP contribution in [0.5, 0.6) is 0 Å². The molecule has 1 saturated carbocycles. The van der Waals surface area contributed by atoms with Crippen molar-refractivity contribution in [1.82, 2.24) is 15.0 Å². The molecule has 0 aromatic carbocycles. The fourth-order valence-electron chi connectivity index (χ4n) is 3.97. The molecule has 0 radical (unpaired) electrons. The zero-order valence-corrected chi connectivity index (χ0v) is 16.9. The lowest BCUT2D eigenvalue weighted by Crippen LogP contribution is -2.24. The summed E-state index contributed by atoms with van der Waals surface area (Å²) in [5.41, 5.74) is 1.61. The summed E-state index contributed by atoms with van der Waals surface area (Å²) in [5.74, 6) is 2.14. The van der Waals surface area contributed by atoms with Crippen LogP contribution in [-0.4, -0.2) is 40.8 Å². The third kappa shape index (κ3) is 5.11. The molecule has 4 rings (SSSR count). The third-order valence-corrected chi connectivity index (χ3v) is 5.85. The van der Waals surface area contributed by atoms with Crippen molar-refractivity contribution in [3.8, 4) is 11.3 Å². The Morgan fingerprint density at radius 2 is 1.93 bits per heavy atom. The van der Waals surface area contributed by atoms with Gasteiger partial charge in [0, 0.05) is 31.0 Å². The molecule has 1 aliphatic carbocycles. The average molecular weight is 402 g/mol. The van der Waals surface area contributed by atoms with Gasteiger partial charge in [-0.3, -0.25) is 4.98 Å². The van der Waals surface area contributed by atoms with E-state index in [1.54, 1.807) is 18.6 Å². The maximum absolute atomic E-state index is 6.43. The number of nitrogens with zero attached hydrogens (tertiary/aromatic N) is 3. The second-order valence-electron chi connectivity index (χ2n) is 7.78. The quantitative estimate of drug-likeness (QED) is 0.726. The Morgan fingerprint density at radius 1 is 1.04 bits per heavy atom. The number of hydrogen-bond donors (Lipinski definition) is 2. The van der Waals surface area contributed by atoms with Crippen LogP contribution in [0.2, 0.25) is 5.02 Å². The number of aromatic nitrogens is 3. The summed E-state index contributed by atoms with van der Waals surface area (Å²) in [6, 6.07) is 2.48. The molecule has 0 bridgehead atoms. The number of pyridine rings is 1. The Kier molecular flexibility index (Phi) is 6.60. The number of ether oxygens (including phenoxy) is 1. The second-order valence-corrected chi connectivity index (χ2v) is 8.19. The summed E-state index contributed by atoms with van der Waals surface area (Å²) in [6.07, 6.45) is 13.8. The van der Waals surface area contributed by atoms with Crippen molar-refractivity contribution < 1.29 is 4.74 Å². The van der Waals surface area contributed by atoms with E-state index in [1.807, 2.05) is 6.07 Å². The van der Waals surface area contributed by atoms with E-state index in [4.69, 9.17) is 21.3 Å². The Bertz CT molecular complexity index is 775. The van der Waals surface area contributed by atoms with Crippen LogP contribution < -0.4 is 10.6 Å². The molecule has 2 aromatic heterocycles. The van der Waals surface area contributed by atoms with Crippen LogP contribution in [-0.2, 0) is 4.74 Å². The zero-order chi connectivity index (χ0) is 19.2. The monoisotopic (exact) mass is 401 g/mol.